The molecule has 1 rings (SSSR count). The molecule has 0 aromatic rings. The zero-order chi connectivity index (χ0) is 8.48. The van der Waals surface area contributed by atoms with Gasteiger partial charge in [-0.2, -0.15) is 0 Å². The van der Waals surface area contributed by atoms with Crippen molar-refractivity contribution < 1.29 is 9.90 Å². The smallest absolute Gasteiger partial charge is 0.161 e. The van der Waals surface area contributed by atoms with E-state index in [0.29, 0.717) is 12.8 Å². The van der Waals surface area contributed by atoms with Crippen molar-refractivity contribution in [2.24, 2.45) is 0 Å². The molecule has 0 saturated carbocycles. The Bertz CT molecular complexity index is 206. The van der Waals surface area contributed by atoms with Crippen LogP contribution < -0.4 is 0 Å². The first-order valence-electron chi connectivity index (χ1n) is 3.94. The lowest BCUT2D eigenvalue weighted by molar-refractivity contribution is -0.135. The second kappa shape index (κ2) is 2.78. The molecule has 2 heteroatoms. The third-order valence-electron chi connectivity index (χ3n) is 2.38. The van der Waals surface area contributed by atoms with Gasteiger partial charge in [-0.3, -0.25) is 4.79 Å². The Hall–Kier alpha value is -0.630. The van der Waals surface area contributed by atoms with Crippen LogP contribution in [0.4, 0.5) is 0 Å². The van der Waals surface area contributed by atoms with Crippen molar-refractivity contribution in [1.29, 1.82) is 0 Å². The molecule has 2 nitrogen and oxygen atoms in total. The van der Waals surface area contributed by atoms with Gasteiger partial charge in [0.1, 0.15) is 5.60 Å². The molecule has 11 heavy (non-hydrogen) atoms. The van der Waals surface area contributed by atoms with Crippen LogP contribution in [0.3, 0.4) is 0 Å². The quantitative estimate of drug-likeness (QED) is 0.580. The Morgan fingerprint density at radius 2 is 2.36 bits per heavy atom. The Labute approximate surface area is 66.9 Å². The summed E-state index contributed by atoms with van der Waals surface area (Å²) in [6.45, 7) is 3.48. The van der Waals surface area contributed by atoms with E-state index in [1.807, 2.05) is 13.0 Å². The minimum absolute atomic E-state index is 0.110. The molecule has 0 radical (unpaired) electrons. The first-order valence-corrected chi connectivity index (χ1v) is 3.94. The van der Waals surface area contributed by atoms with Gasteiger partial charge in [-0.05, 0) is 26.7 Å². The van der Waals surface area contributed by atoms with Gasteiger partial charge in [0.15, 0.2) is 5.78 Å². The van der Waals surface area contributed by atoms with Gasteiger partial charge in [0.05, 0.1) is 0 Å². The molecule has 1 aliphatic carbocycles. The fourth-order valence-electron chi connectivity index (χ4n) is 1.27. The minimum Gasteiger partial charge on any atom is -0.382 e. The number of carbonyl (C=O) groups excluding carboxylic acids is 1. The number of hydrogen-bond donors (Lipinski definition) is 1. The lowest BCUT2D eigenvalue weighted by Gasteiger charge is -2.27. The molecule has 0 unspecified atom stereocenters. The summed E-state index contributed by atoms with van der Waals surface area (Å²) in [6, 6.07) is 0. The number of allylic oxidation sites excluding steroid dienone is 1. The molecular weight excluding hydrogens is 140 g/mol. The fraction of sp³-hybridized carbons (Fsp3) is 0.667. The van der Waals surface area contributed by atoms with Gasteiger partial charge >= 0.3 is 0 Å². The van der Waals surface area contributed by atoms with Crippen LogP contribution in [0.15, 0.2) is 11.6 Å². The number of rotatable bonds is 1. The second-order valence-corrected chi connectivity index (χ2v) is 3.34. The van der Waals surface area contributed by atoms with Gasteiger partial charge in [0.2, 0.25) is 0 Å². The lowest BCUT2D eigenvalue weighted by atomic mass is 9.83. The van der Waals surface area contributed by atoms with Crippen LogP contribution in [-0.2, 0) is 4.79 Å². The van der Waals surface area contributed by atoms with Crippen LogP contribution in [0.25, 0.3) is 0 Å². The molecule has 0 fully saturated rings. The standard InChI is InChI=1S/C9H14O2/c1-7-3-5-9(11,6-4-7)8(2)10/h3,11H,4-6H2,1-2H3/t9-/m0/s1. The maximum atomic E-state index is 10.9. The second-order valence-electron chi connectivity index (χ2n) is 3.34. The van der Waals surface area contributed by atoms with E-state index < -0.39 is 5.60 Å². The predicted molar refractivity (Wildman–Crippen MR) is 43.2 cm³/mol. The van der Waals surface area contributed by atoms with Gasteiger partial charge in [-0.1, -0.05) is 11.6 Å². The zero-order valence-electron chi connectivity index (χ0n) is 7.05. The molecule has 0 amide bonds. The Kier molecular flexibility index (Phi) is 2.14. The number of ketones is 1. The van der Waals surface area contributed by atoms with Crippen molar-refractivity contribution in [2.75, 3.05) is 0 Å². The highest BCUT2D eigenvalue weighted by Crippen LogP contribution is 2.27. The minimum atomic E-state index is -1.06. The monoisotopic (exact) mass is 154 g/mol. The highest BCUT2D eigenvalue weighted by atomic mass is 16.3. The maximum absolute atomic E-state index is 10.9. The zero-order valence-corrected chi connectivity index (χ0v) is 7.05. The van der Waals surface area contributed by atoms with E-state index in [0.717, 1.165) is 6.42 Å². The molecule has 0 spiro atoms. The van der Waals surface area contributed by atoms with E-state index in [2.05, 4.69) is 0 Å². The van der Waals surface area contributed by atoms with Crippen LogP contribution in [0.2, 0.25) is 0 Å². The maximum Gasteiger partial charge on any atom is 0.161 e. The summed E-state index contributed by atoms with van der Waals surface area (Å²) in [4.78, 5) is 10.9. The van der Waals surface area contributed by atoms with Crippen molar-refractivity contribution in [2.45, 2.75) is 38.7 Å². The molecular formula is C9H14O2. The Morgan fingerprint density at radius 3 is 2.73 bits per heavy atom. The highest BCUT2D eigenvalue weighted by molar-refractivity contribution is 5.85. The van der Waals surface area contributed by atoms with Crippen LogP contribution >= 0.6 is 0 Å². The number of carbonyl (C=O) groups is 1. The summed E-state index contributed by atoms with van der Waals surface area (Å²) in [5, 5.41) is 9.67. The van der Waals surface area contributed by atoms with Crippen molar-refractivity contribution in [3.63, 3.8) is 0 Å². The molecule has 0 heterocycles. The van der Waals surface area contributed by atoms with E-state index in [4.69, 9.17) is 0 Å². The van der Waals surface area contributed by atoms with E-state index in [1.54, 1.807) is 0 Å². The largest absolute Gasteiger partial charge is 0.382 e. The highest BCUT2D eigenvalue weighted by Gasteiger charge is 2.32. The molecule has 0 aromatic carbocycles. The van der Waals surface area contributed by atoms with Crippen molar-refractivity contribution in [3.8, 4) is 0 Å². The van der Waals surface area contributed by atoms with Gasteiger partial charge in [0, 0.05) is 6.42 Å². The molecule has 1 aliphatic rings. The van der Waals surface area contributed by atoms with Crippen LogP contribution in [-0.4, -0.2) is 16.5 Å². The van der Waals surface area contributed by atoms with Crippen LogP contribution in [0, 0.1) is 0 Å². The van der Waals surface area contributed by atoms with Crippen LogP contribution in [0.1, 0.15) is 33.1 Å². The predicted octanol–water partition coefficient (Wildman–Crippen LogP) is 1.44. The molecule has 0 aliphatic heterocycles. The fourth-order valence-corrected chi connectivity index (χ4v) is 1.27. The summed E-state index contributed by atoms with van der Waals surface area (Å²) in [7, 11) is 0. The van der Waals surface area contributed by atoms with Crippen molar-refractivity contribution in [1.82, 2.24) is 0 Å². The topological polar surface area (TPSA) is 37.3 Å². The third-order valence-corrected chi connectivity index (χ3v) is 2.38. The average Bonchev–Trinajstić information content (AvgIpc) is 1.95. The summed E-state index contributed by atoms with van der Waals surface area (Å²) in [5.74, 6) is -0.110. The molecule has 62 valence electrons. The molecule has 0 aromatic heterocycles. The van der Waals surface area contributed by atoms with Crippen molar-refractivity contribution in [3.05, 3.63) is 11.6 Å². The van der Waals surface area contributed by atoms with Crippen LogP contribution in [0.5, 0.6) is 0 Å². The van der Waals surface area contributed by atoms with Gasteiger partial charge < -0.3 is 5.11 Å². The first kappa shape index (κ1) is 8.47. The van der Waals surface area contributed by atoms with E-state index in [-0.39, 0.29) is 5.78 Å². The summed E-state index contributed by atoms with van der Waals surface area (Å²) in [6.07, 6.45) is 3.87. The van der Waals surface area contributed by atoms with Gasteiger partial charge in [-0.25, -0.2) is 0 Å². The van der Waals surface area contributed by atoms with E-state index >= 15 is 0 Å². The summed E-state index contributed by atoms with van der Waals surface area (Å²) < 4.78 is 0. The number of aliphatic hydroxyl groups is 1. The third kappa shape index (κ3) is 1.69. The number of hydrogen-bond acceptors (Lipinski definition) is 2. The molecule has 0 bridgehead atoms. The summed E-state index contributed by atoms with van der Waals surface area (Å²) >= 11 is 0. The molecule has 1 atom stereocenters. The first-order chi connectivity index (χ1) is 5.04. The lowest BCUT2D eigenvalue weighted by Crippen LogP contribution is -2.37. The average molecular weight is 154 g/mol. The summed E-state index contributed by atoms with van der Waals surface area (Å²) in [5.41, 5.74) is 0.218. The van der Waals surface area contributed by atoms with Gasteiger partial charge in [0.25, 0.3) is 0 Å². The van der Waals surface area contributed by atoms with Crippen molar-refractivity contribution >= 4 is 5.78 Å². The van der Waals surface area contributed by atoms with E-state index in [9.17, 15) is 9.90 Å². The van der Waals surface area contributed by atoms with Gasteiger partial charge in [-0.15, -0.1) is 0 Å². The Balaban J connectivity index is 2.71. The molecule has 1 N–H and O–H groups in total. The normalized spacial score (nSPS) is 31.4. The van der Waals surface area contributed by atoms with E-state index in [1.165, 1.54) is 12.5 Å². The molecule has 0 saturated heterocycles. The number of Topliss-reactive ketones (excluding diaryl/α,β-unsaturated/α-hetero) is 1. The Morgan fingerprint density at radius 1 is 1.73 bits per heavy atom. The SMILES string of the molecule is CC(=O)[C@]1(O)CC=C(C)CC1.